The summed E-state index contributed by atoms with van der Waals surface area (Å²) in [6, 6.07) is 3.97. The average Bonchev–Trinajstić information content (AvgIpc) is 3.21. The topological polar surface area (TPSA) is 122 Å². The molecule has 0 radical (unpaired) electrons. The predicted octanol–water partition coefficient (Wildman–Crippen LogP) is 2.62. The number of nitrogens with zero attached hydrogens (tertiary/aromatic N) is 4. The van der Waals surface area contributed by atoms with Crippen molar-refractivity contribution in [3.63, 3.8) is 0 Å². The molecule has 0 spiro atoms. The molecule has 1 saturated carbocycles. The second kappa shape index (κ2) is 11.6. The second-order valence-corrected chi connectivity index (χ2v) is 9.62. The number of nitrogens with one attached hydrogen (secondary N) is 2. The van der Waals surface area contributed by atoms with Gasteiger partial charge in [-0.3, -0.25) is 9.59 Å². The zero-order valence-electron chi connectivity index (χ0n) is 20.7. The van der Waals surface area contributed by atoms with E-state index in [1.165, 1.54) is 6.92 Å². The van der Waals surface area contributed by atoms with Crippen LogP contribution in [-0.2, 0) is 32.8 Å². The Morgan fingerprint density at radius 3 is 2.69 bits per heavy atom. The molecule has 4 rings (SSSR count). The fraction of sp³-hybridized carbons (Fsp3) is 0.640. The first-order valence-corrected chi connectivity index (χ1v) is 12.6. The van der Waals surface area contributed by atoms with Crippen LogP contribution in [0.25, 0.3) is 0 Å². The van der Waals surface area contributed by atoms with Gasteiger partial charge in [-0.2, -0.15) is 4.98 Å². The minimum absolute atomic E-state index is 0.0955. The van der Waals surface area contributed by atoms with Gasteiger partial charge in [-0.25, -0.2) is 4.98 Å². The van der Waals surface area contributed by atoms with E-state index in [-0.39, 0.29) is 24.3 Å². The molecule has 1 aliphatic heterocycles. The normalized spacial score (nSPS) is 20.2. The lowest BCUT2D eigenvalue weighted by atomic mass is 9.89. The Labute approximate surface area is 206 Å². The molecule has 190 valence electrons. The molecule has 0 aromatic carbocycles. The van der Waals surface area contributed by atoms with Crippen molar-refractivity contribution in [1.82, 2.24) is 25.8 Å². The van der Waals surface area contributed by atoms with E-state index in [0.29, 0.717) is 31.3 Å². The third-order valence-electron chi connectivity index (χ3n) is 6.70. The van der Waals surface area contributed by atoms with Gasteiger partial charge in [-0.15, -0.1) is 0 Å². The lowest BCUT2D eigenvalue weighted by Gasteiger charge is -2.32. The number of carbonyl (C=O) groups excluding carboxylic acids is 2. The summed E-state index contributed by atoms with van der Waals surface area (Å²) in [6.45, 7) is 6.35. The van der Waals surface area contributed by atoms with Crippen LogP contribution >= 0.6 is 0 Å². The number of morpholine rings is 1. The zero-order chi connectivity index (χ0) is 24.7. The Kier molecular flexibility index (Phi) is 8.33. The highest BCUT2D eigenvalue weighted by Crippen LogP contribution is 2.34. The Hall–Kier alpha value is -3.01. The molecule has 2 aromatic rings. The number of hydrogen-bond acceptors (Lipinski definition) is 8. The number of anilines is 1. The van der Waals surface area contributed by atoms with E-state index in [1.807, 2.05) is 12.1 Å². The summed E-state index contributed by atoms with van der Waals surface area (Å²) < 4.78 is 11.0. The van der Waals surface area contributed by atoms with Gasteiger partial charge in [0, 0.05) is 45.6 Å². The molecule has 35 heavy (non-hydrogen) atoms. The largest absolute Gasteiger partial charge is 0.375 e. The van der Waals surface area contributed by atoms with Gasteiger partial charge < -0.3 is 24.8 Å². The fourth-order valence-corrected chi connectivity index (χ4v) is 4.87. The first kappa shape index (κ1) is 25.1. The smallest absolute Gasteiger partial charge is 0.227 e. The molecule has 2 N–H and O–H groups in total. The number of ether oxygens (including phenoxy) is 1. The van der Waals surface area contributed by atoms with Crippen LogP contribution in [0.15, 0.2) is 22.9 Å². The van der Waals surface area contributed by atoms with Gasteiger partial charge >= 0.3 is 0 Å². The second-order valence-electron chi connectivity index (χ2n) is 9.62. The van der Waals surface area contributed by atoms with Crippen LogP contribution in [0.5, 0.6) is 0 Å². The summed E-state index contributed by atoms with van der Waals surface area (Å²) in [5.41, 5.74) is 0.360. The maximum Gasteiger partial charge on any atom is 0.227 e. The minimum Gasteiger partial charge on any atom is -0.375 e. The van der Waals surface area contributed by atoms with E-state index in [1.54, 1.807) is 6.20 Å². The molecule has 10 heteroatoms. The molecule has 1 atom stereocenters. The number of rotatable bonds is 8. The van der Waals surface area contributed by atoms with E-state index < -0.39 is 5.54 Å². The Bertz CT molecular complexity index is 984. The van der Waals surface area contributed by atoms with Crippen LogP contribution in [0.1, 0.15) is 76.1 Å². The van der Waals surface area contributed by atoms with Gasteiger partial charge in [0.05, 0.1) is 12.7 Å². The van der Waals surface area contributed by atoms with Gasteiger partial charge in [0.2, 0.25) is 17.7 Å². The molecule has 2 aromatic heterocycles. The summed E-state index contributed by atoms with van der Waals surface area (Å²) in [5, 5.41) is 10.2. The van der Waals surface area contributed by atoms with E-state index in [9.17, 15) is 9.59 Å². The molecule has 3 heterocycles. The molecule has 1 saturated heterocycles. The number of aromatic nitrogens is 3. The molecule has 10 nitrogen and oxygen atoms in total. The van der Waals surface area contributed by atoms with Crippen molar-refractivity contribution in [2.45, 2.75) is 83.4 Å². The lowest BCUT2D eigenvalue weighted by molar-refractivity contribution is -0.122. The monoisotopic (exact) mass is 484 g/mol. The number of pyridine rings is 1. The molecule has 2 aliphatic rings. The van der Waals surface area contributed by atoms with Crippen LogP contribution < -0.4 is 15.5 Å². The van der Waals surface area contributed by atoms with Crippen molar-refractivity contribution in [3.05, 3.63) is 35.6 Å². The Morgan fingerprint density at radius 1 is 1.20 bits per heavy atom. The van der Waals surface area contributed by atoms with Crippen LogP contribution in [-0.4, -0.2) is 52.7 Å². The summed E-state index contributed by atoms with van der Waals surface area (Å²) in [4.78, 5) is 35.6. The quantitative estimate of drug-likeness (QED) is 0.548. The summed E-state index contributed by atoms with van der Waals surface area (Å²) in [5.74, 6) is 1.66. The van der Waals surface area contributed by atoms with Gasteiger partial charge in [0.25, 0.3) is 0 Å². The number of amides is 2. The van der Waals surface area contributed by atoms with E-state index in [4.69, 9.17) is 9.26 Å². The van der Waals surface area contributed by atoms with E-state index in [0.717, 1.165) is 63.0 Å². The van der Waals surface area contributed by atoms with Crippen LogP contribution in [0.3, 0.4) is 0 Å². The van der Waals surface area contributed by atoms with Gasteiger partial charge in [0.15, 0.2) is 5.82 Å². The first-order chi connectivity index (χ1) is 16.9. The van der Waals surface area contributed by atoms with Crippen LogP contribution in [0, 0.1) is 0 Å². The number of aryl methyl sites for hydroxylation is 1. The SMILES string of the molecule is CC(=O)NC1(c2noc(CCC(=O)NCc3ccc(N4CCOC(C)C4)nc3)n2)CCCCCC1. The molecule has 1 unspecified atom stereocenters. The molecule has 2 fully saturated rings. The van der Waals surface area contributed by atoms with E-state index >= 15 is 0 Å². The summed E-state index contributed by atoms with van der Waals surface area (Å²) in [7, 11) is 0. The predicted molar refractivity (Wildman–Crippen MR) is 130 cm³/mol. The van der Waals surface area contributed by atoms with Crippen molar-refractivity contribution in [2.75, 3.05) is 24.6 Å². The molecular weight excluding hydrogens is 448 g/mol. The van der Waals surface area contributed by atoms with Crippen molar-refractivity contribution >= 4 is 17.6 Å². The third-order valence-corrected chi connectivity index (χ3v) is 6.70. The summed E-state index contributed by atoms with van der Waals surface area (Å²) >= 11 is 0. The third kappa shape index (κ3) is 6.78. The van der Waals surface area contributed by atoms with Crippen LogP contribution in [0.4, 0.5) is 5.82 Å². The zero-order valence-corrected chi connectivity index (χ0v) is 20.7. The molecule has 2 amide bonds. The van der Waals surface area contributed by atoms with Gasteiger partial charge in [-0.05, 0) is 31.4 Å². The number of hydrogen-bond donors (Lipinski definition) is 2. The molecular formula is C25H36N6O4. The van der Waals surface area contributed by atoms with Gasteiger partial charge in [-0.1, -0.05) is 36.9 Å². The lowest BCUT2D eigenvalue weighted by Crippen LogP contribution is -2.45. The van der Waals surface area contributed by atoms with Crippen molar-refractivity contribution in [1.29, 1.82) is 0 Å². The average molecular weight is 485 g/mol. The number of carbonyl (C=O) groups is 2. The Balaban J connectivity index is 1.26. The highest BCUT2D eigenvalue weighted by molar-refractivity contribution is 5.76. The molecule has 1 aliphatic carbocycles. The van der Waals surface area contributed by atoms with Crippen molar-refractivity contribution in [2.24, 2.45) is 0 Å². The maximum absolute atomic E-state index is 12.4. The van der Waals surface area contributed by atoms with Gasteiger partial charge in [0.1, 0.15) is 11.4 Å². The highest BCUT2D eigenvalue weighted by atomic mass is 16.5. The maximum atomic E-state index is 12.4. The summed E-state index contributed by atoms with van der Waals surface area (Å²) in [6.07, 6.45) is 8.46. The minimum atomic E-state index is -0.579. The molecule has 0 bridgehead atoms. The van der Waals surface area contributed by atoms with Crippen LogP contribution in [0.2, 0.25) is 0 Å². The highest BCUT2D eigenvalue weighted by Gasteiger charge is 2.38. The van der Waals surface area contributed by atoms with Crippen molar-refractivity contribution in [3.8, 4) is 0 Å². The fourth-order valence-electron chi connectivity index (χ4n) is 4.87. The Morgan fingerprint density at radius 2 is 2.00 bits per heavy atom. The van der Waals surface area contributed by atoms with Crippen molar-refractivity contribution < 1.29 is 18.8 Å². The standard InChI is InChI=1S/C25H36N6O4/c1-18-17-31(13-14-34-18)21-8-7-20(15-26-21)16-27-22(33)9-10-23-28-24(30-35-23)25(29-19(2)32)11-5-3-4-6-12-25/h7-8,15,18H,3-6,9-14,16-17H2,1-2H3,(H,27,33)(H,29,32). The first-order valence-electron chi connectivity index (χ1n) is 12.6. The van der Waals surface area contributed by atoms with E-state index in [2.05, 4.69) is 37.6 Å².